The zero-order valence-corrected chi connectivity index (χ0v) is 10.6. The minimum atomic E-state index is -0.0314. The van der Waals surface area contributed by atoms with Gasteiger partial charge in [0.2, 0.25) is 0 Å². The molecule has 0 spiro atoms. The summed E-state index contributed by atoms with van der Waals surface area (Å²) in [6.07, 6.45) is 4.70. The van der Waals surface area contributed by atoms with Crippen LogP contribution < -0.4 is 0 Å². The maximum Gasteiger partial charge on any atom is 0.125 e. The highest BCUT2D eigenvalue weighted by Gasteiger charge is 2.41. The molecule has 0 N–H and O–H groups in total. The summed E-state index contributed by atoms with van der Waals surface area (Å²) in [6, 6.07) is 0. The molecular formula is C12H19NOS. The van der Waals surface area contributed by atoms with Crippen molar-refractivity contribution in [1.29, 1.82) is 0 Å². The number of nitrogens with zero attached hydrogens (tertiary/aromatic N) is 1. The van der Waals surface area contributed by atoms with Gasteiger partial charge < -0.3 is 4.74 Å². The molecule has 3 heteroatoms. The molecule has 0 saturated heterocycles. The molecule has 1 atom stereocenters. The molecule has 0 aliphatic heterocycles. The Labute approximate surface area is 95.7 Å². The number of rotatable bonds is 4. The lowest BCUT2D eigenvalue weighted by atomic mass is 9.80. The number of thiazole rings is 1. The van der Waals surface area contributed by atoms with Gasteiger partial charge in [-0.2, -0.15) is 0 Å². The van der Waals surface area contributed by atoms with Crippen molar-refractivity contribution in [3.8, 4) is 0 Å². The summed E-state index contributed by atoms with van der Waals surface area (Å²) < 4.78 is 5.63. The minimum absolute atomic E-state index is 0.0314. The van der Waals surface area contributed by atoms with Crippen LogP contribution in [0.2, 0.25) is 0 Å². The van der Waals surface area contributed by atoms with Gasteiger partial charge in [0.25, 0.3) is 0 Å². The van der Waals surface area contributed by atoms with E-state index < -0.39 is 0 Å². The molecule has 15 heavy (non-hydrogen) atoms. The van der Waals surface area contributed by atoms with Crippen molar-refractivity contribution in [3.63, 3.8) is 0 Å². The summed E-state index contributed by atoms with van der Waals surface area (Å²) in [6.45, 7) is 4.44. The summed E-state index contributed by atoms with van der Waals surface area (Å²) in [5.74, 6) is 0.573. The molecular weight excluding hydrogens is 206 g/mol. The molecule has 1 fully saturated rings. The summed E-state index contributed by atoms with van der Waals surface area (Å²) in [4.78, 5) is 4.74. The Kier molecular flexibility index (Phi) is 3.12. The highest BCUT2D eigenvalue weighted by atomic mass is 32.1. The summed E-state index contributed by atoms with van der Waals surface area (Å²) >= 11 is 1.76. The van der Waals surface area contributed by atoms with Crippen molar-refractivity contribution in [2.24, 2.45) is 0 Å². The highest BCUT2D eigenvalue weighted by Crippen LogP contribution is 2.45. The predicted molar refractivity (Wildman–Crippen MR) is 63.4 cm³/mol. The van der Waals surface area contributed by atoms with E-state index in [1.54, 1.807) is 11.3 Å². The molecule has 1 unspecified atom stereocenters. The third kappa shape index (κ3) is 1.83. The minimum Gasteiger partial charge on any atom is -0.371 e. The first-order valence-electron chi connectivity index (χ1n) is 5.73. The van der Waals surface area contributed by atoms with Gasteiger partial charge in [0.1, 0.15) is 10.6 Å². The predicted octanol–water partition coefficient (Wildman–Crippen LogP) is 3.68. The van der Waals surface area contributed by atoms with Gasteiger partial charge >= 0.3 is 0 Å². The van der Waals surface area contributed by atoms with E-state index in [-0.39, 0.29) is 5.60 Å². The second-order valence-electron chi connectivity index (χ2n) is 4.44. The second kappa shape index (κ2) is 4.22. The Hall–Kier alpha value is -0.410. The molecule has 2 rings (SSSR count). The van der Waals surface area contributed by atoms with Gasteiger partial charge in [-0.25, -0.2) is 4.98 Å². The van der Waals surface area contributed by atoms with Crippen LogP contribution in [0.1, 0.15) is 56.2 Å². The largest absolute Gasteiger partial charge is 0.371 e. The van der Waals surface area contributed by atoms with Crippen LogP contribution in [0.15, 0.2) is 5.38 Å². The molecule has 0 radical (unpaired) electrons. The monoisotopic (exact) mass is 225 g/mol. The van der Waals surface area contributed by atoms with Crippen molar-refractivity contribution < 1.29 is 4.74 Å². The molecule has 1 aliphatic carbocycles. The lowest BCUT2D eigenvalue weighted by molar-refractivity contribution is -0.0780. The second-order valence-corrected chi connectivity index (χ2v) is 5.30. The fraction of sp³-hybridized carbons (Fsp3) is 0.750. The molecule has 1 aromatic heterocycles. The van der Waals surface area contributed by atoms with Crippen molar-refractivity contribution in [2.45, 2.75) is 51.0 Å². The van der Waals surface area contributed by atoms with Crippen LogP contribution in [0, 0.1) is 0 Å². The number of hydrogen-bond donors (Lipinski definition) is 0. The number of aromatic nitrogens is 1. The topological polar surface area (TPSA) is 22.1 Å². The van der Waals surface area contributed by atoms with Crippen LogP contribution in [-0.4, -0.2) is 12.1 Å². The van der Waals surface area contributed by atoms with E-state index in [1.165, 1.54) is 17.1 Å². The van der Waals surface area contributed by atoms with Gasteiger partial charge in [0.05, 0.1) is 5.69 Å². The molecule has 0 aromatic carbocycles. The van der Waals surface area contributed by atoms with E-state index in [9.17, 15) is 0 Å². The Morgan fingerprint density at radius 2 is 2.33 bits per heavy atom. The third-order valence-electron chi connectivity index (χ3n) is 3.58. The fourth-order valence-electron chi connectivity index (χ4n) is 1.93. The van der Waals surface area contributed by atoms with Crippen LogP contribution in [0.3, 0.4) is 0 Å². The van der Waals surface area contributed by atoms with Crippen LogP contribution in [0.25, 0.3) is 0 Å². The first kappa shape index (κ1) is 11.1. The molecule has 0 amide bonds. The average molecular weight is 225 g/mol. The number of hydrogen-bond acceptors (Lipinski definition) is 3. The smallest absolute Gasteiger partial charge is 0.125 e. The Bertz CT molecular complexity index is 325. The maximum atomic E-state index is 5.63. The van der Waals surface area contributed by atoms with Gasteiger partial charge in [-0.15, -0.1) is 11.3 Å². The average Bonchev–Trinajstić information content (AvgIpc) is 2.65. The lowest BCUT2D eigenvalue weighted by Crippen LogP contribution is -2.35. The number of ether oxygens (including phenoxy) is 1. The standard InChI is InChI=1S/C12H19NOS/c1-4-9(2)10-8-15-11(13-10)12(14-3)6-5-7-12/h8-9H,4-7H2,1-3H3. The first-order chi connectivity index (χ1) is 7.22. The maximum absolute atomic E-state index is 5.63. The Morgan fingerprint density at radius 3 is 2.80 bits per heavy atom. The molecule has 1 saturated carbocycles. The van der Waals surface area contributed by atoms with Crippen molar-refractivity contribution in [1.82, 2.24) is 4.98 Å². The van der Waals surface area contributed by atoms with Crippen molar-refractivity contribution in [2.75, 3.05) is 7.11 Å². The summed E-state index contributed by atoms with van der Waals surface area (Å²) in [5, 5.41) is 3.38. The van der Waals surface area contributed by atoms with Gasteiger partial charge in [-0.05, 0) is 31.6 Å². The van der Waals surface area contributed by atoms with Crippen molar-refractivity contribution in [3.05, 3.63) is 16.1 Å². The molecule has 84 valence electrons. The van der Waals surface area contributed by atoms with E-state index in [0.717, 1.165) is 19.3 Å². The molecule has 0 bridgehead atoms. The number of methoxy groups -OCH3 is 1. The summed E-state index contributed by atoms with van der Waals surface area (Å²) in [7, 11) is 1.81. The van der Waals surface area contributed by atoms with Gasteiger partial charge in [0, 0.05) is 12.5 Å². The normalized spacial score (nSPS) is 21.0. The van der Waals surface area contributed by atoms with Crippen LogP contribution in [0.5, 0.6) is 0 Å². The zero-order chi connectivity index (χ0) is 10.9. The van der Waals surface area contributed by atoms with E-state index in [1.807, 2.05) is 7.11 Å². The Morgan fingerprint density at radius 1 is 1.60 bits per heavy atom. The first-order valence-corrected chi connectivity index (χ1v) is 6.61. The molecule has 1 heterocycles. The van der Waals surface area contributed by atoms with Crippen molar-refractivity contribution >= 4 is 11.3 Å². The van der Waals surface area contributed by atoms with Gasteiger partial charge in [-0.1, -0.05) is 13.8 Å². The van der Waals surface area contributed by atoms with Crippen LogP contribution in [-0.2, 0) is 10.3 Å². The molecule has 2 nitrogen and oxygen atoms in total. The van der Waals surface area contributed by atoms with Gasteiger partial charge in [0.15, 0.2) is 0 Å². The highest BCUT2D eigenvalue weighted by molar-refractivity contribution is 7.09. The lowest BCUT2D eigenvalue weighted by Gasteiger charge is -2.38. The SMILES string of the molecule is CCC(C)c1csc(C2(OC)CCC2)n1. The van der Waals surface area contributed by atoms with Gasteiger partial charge in [-0.3, -0.25) is 0 Å². The quantitative estimate of drug-likeness (QED) is 0.779. The molecule has 1 aromatic rings. The summed E-state index contributed by atoms with van der Waals surface area (Å²) in [5.41, 5.74) is 1.21. The van der Waals surface area contributed by atoms with E-state index in [4.69, 9.17) is 9.72 Å². The van der Waals surface area contributed by atoms with Crippen LogP contribution >= 0.6 is 11.3 Å². The van der Waals surface area contributed by atoms with E-state index >= 15 is 0 Å². The van der Waals surface area contributed by atoms with E-state index in [2.05, 4.69) is 19.2 Å². The fourth-order valence-corrected chi connectivity index (χ4v) is 3.11. The third-order valence-corrected chi connectivity index (χ3v) is 4.63. The van der Waals surface area contributed by atoms with E-state index in [0.29, 0.717) is 5.92 Å². The molecule has 1 aliphatic rings. The zero-order valence-electron chi connectivity index (χ0n) is 9.75. The van der Waals surface area contributed by atoms with Crippen LogP contribution in [0.4, 0.5) is 0 Å². The Balaban J connectivity index is 2.19.